The Kier molecular flexibility index (Phi) is 3.53. The van der Waals surface area contributed by atoms with E-state index in [4.69, 9.17) is 17.3 Å². The molecular weight excluding hydrogens is 252 g/mol. The van der Waals surface area contributed by atoms with E-state index in [1.165, 1.54) is 4.68 Å². The van der Waals surface area contributed by atoms with Gasteiger partial charge in [-0.3, -0.25) is 9.48 Å². The van der Waals surface area contributed by atoms with Crippen LogP contribution in [0.3, 0.4) is 0 Å². The highest BCUT2D eigenvalue weighted by molar-refractivity contribution is 6.33. The van der Waals surface area contributed by atoms with Crippen molar-refractivity contribution in [3.63, 3.8) is 0 Å². The second-order valence-electron chi connectivity index (χ2n) is 3.97. The molecule has 1 heterocycles. The van der Waals surface area contributed by atoms with Crippen LogP contribution in [-0.2, 0) is 11.3 Å². The first-order valence-corrected chi connectivity index (χ1v) is 5.77. The molecule has 1 aromatic heterocycles. The van der Waals surface area contributed by atoms with Crippen molar-refractivity contribution in [3.05, 3.63) is 41.0 Å². The second-order valence-corrected chi connectivity index (χ2v) is 4.38. The molecule has 0 saturated heterocycles. The maximum absolute atomic E-state index is 11.8. The molecule has 0 aliphatic heterocycles. The Bertz CT molecular complexity index is 579. The summed E-state index contributed by atoms with van der Waals surface area (Å²) < 4.78 is 1.47. The van der Waals surface area contributed by atoms with E-state index < -0.39 is 0 Å². The summed E-state index contributed by atoms with van der Waals surface area (Å²) in [5.74, 6) is 0.181. The number of benzene rings is 1. The summed E-state index contributed by atoms with van der Waals surface area (Å²) in [6.45, 7) is 2.03. The van der Waals surface area contributed by atoms with Gasteiger partial charge in [-0.1, -0.05) is 17.7 Å². The highest BCUT2D eigenvalue weighted by atomic mass is 35.5. The van der Waals surface area contributed by atoms with Crippen molar-refractivity contribution in [2.24, 2.45) is 0 Å². The largest absolute Gasteiger partial charge is 0.382 e. The fraction of sp³-hybridized carbons (Fsp3) is 0.167. The Morgan fingerprint density at radius 1 is 1.50 bits per heavy atom. The standard InChI is InChI=1S/C12H13ClN4O/c1-8-2-3-10(9(13)6-8)15-12(18)7-17-5-4-11(14)16-17/h2-6H,7H2,1H3,(H2,14,16)(H,15,18). The Morgan fingerprint density at radius 3 is 2.89 bits per heavy atom. The lowest BCUT2D eigenvalue weighted by molar-refractivity contribution is -0.116. The molecule has 0 fully saturated rings. The monoisotopic (exact) mass is 264 g/mol. The van der Waals surface area contributed by atoms with Crippen LogP contribution in [-0.4, -0.2) is 15.7 Å². The quantitative estimate of drug-likeness (QED) is 0.891. The molecule has 18 heavy (non-hydrogen) atoms. The minimum atomic E-state index is -0.205. The van der Waals surface area contributed by atoms with Gasteiger partial charge in [0.15, 0.2) is 0 Å². The molecule has 2 aromatic rings. The van der Waals surface area contributed by atoms with Gasteiger partial charge < -0.3 is 11.1 Å². The minimum Gasteiger partial charge on any atom is -0.382 e. The molecule has 0 atom stereocenters. The maximum atomic E-state index is 11.8. The molecule has 0 radical (unpaired) electrons. The van der Waals surface area contributed by atoms with Gasteiger partial charge in [0, 0.05) is 6.20 Å². The number of nitrogen functional groups attached to an aromatic ring is 1. The first kappa shape index (κ1) is 12.4. The van der Waals surface area contributed by atoms with Crippen molar-refractivity contribution in [2.45, 2.75) is 13.5 Å². The molecule has 0 unspecified atom stereocenters. The van der Waals surface area contributed by atoms with Gasteiger partial charge in [-0.15, -0.1) is 0 Å². The molecule has 0 saturated carbocycles. The summed E-state index contributed by atoms with van der Waals surface area (Å²) in [6.07, 6.45) is 1.64. The van der Waals surface area contributed by atoms with Crippen LogP contribution in [0.2, 0.25) is 5.02 Å². The number of hydrogen-bond donors (Lipinski definition) is 2. The van der Waals surface area contributed by atoms with Crippen LogP contribution < -0.4 is 11.1 Å². The summed E-state index contributed by atoms with van der Waals surface area (Å²) in [5.41, 5.74) is 7.09. The molecule has 0 spiro atoms. The van der Waals surface area contributed by atoms with Crippen LogP contribution in [0.15, 0.2) is 30.5 Å². The number of nitrogens with one attached hydrogen (secondary N) is 1. The molecule has 5 nitrogen and oxygen atoms in total. The van der Waals surface area contributed by atoms with E-state index in [0.717, 1.165) is 5.56 Å². The number of nitrogens with two attached hydrogens (primary N) is 1. The number of anilines is 2. The third-order valence-electron chi connectivity index (χ3n) is 2.37. The number of carbonyl (C=O) groups is 1. The Morgan fingerprint density at radius 2 is 2.28 bits per heavy atom. The summed E-state index contributed by atoms with van der Waals surface area (Å²) in [4.78, 5) is 11.8. The van der Waals surface area contributed by atoms with Crippen LogP contribution in [0.25, 0.3) is 0 Å². The lowest BCUT2D eigenvalue weighted by atomic mass is 10.2. The van der Waals surface area contributed by atoms with Crippen LogP contribution in [0.4, 0.5) is 11.5 Å². The number of hydrogen-bond acceptors (Lipinski definition) is 3. The van der Waals surface area contributed by atoms with Crippen molar-refractivity contribution < 1.29 is 4.79 Å². The van der Waals surface area contributed by atoms with Crippen molar-refractivity contribution in [1.29, 1.82) is 0 Å². The first-order chi connectivity index (χ1) is 8.54. The maximum Gasteiger partial charge on any atom is 0.246 e. The van der Waals surface area contributed by atoms with E-state index in [2.05, 4.69) is 10.4 Å². The summed E-state index contributed by atoms with van der Waals surface area (Å²) >= 11 is 6.02. The fourth-order valence-corrected chi connectivity index (χ4v) is 1.81. The number of amides is 1. The predicted octanol–water partition coefficient (Wildman–Crippen LogP) is 2.07. The molecule has 0 aliphatic rings. The molecule has 0 bridgehead atoms. The zero-order chi connectivity index (χ0) is 13.1. The lowest BCUT2D eigenvalue weighted by Gasteiger charge is -2.07. The normalized spacial score (nSPS) is 10.3. The molecule has 2 rings (SSSR count). The van der Waals surface area contributed by atoms with E-state index in [0.29, 0.717) is 16.5 Å². The van der Waals surface area contributed by atoms with Gasteiger partial charge in [-0.05, 0) is 30.7 Å². The van der Waals surface area contributed by atoms with Crippen LogP contribution in [0, 0.1) is 6.92 Å². The van der Waals surface area contributed by atoms with Gasteiger partial charge in [0.05, 0.1) is 10.7 Å². The van der Waals surface area contributed by atoms with Crippen LogP contribution in [0.1, 0.15) is 5.56 Å². The number of halogens is 1. The number of aromatic nitrogens is 2. The van der Waals surface area contributed by atoms with Crippen molar-refractivity contribution in [3.8, 4) is 0 Å². The van der Waals surface area contributed by atoms with Gasteiger partial charge in [0.25, 0.3) is 0 Å². The van der Waals surface area contributed by atoms with E-state index >= 15 is 0 Å². The first-order valence-electron chi connectivity index (χ1n) is 5.39. The smallest absolute Gasteiger partial charge is 0.246 e. The van der Waals surface area contributed by atoms with Gasteiger partial charge in [-0.2, -0.15) is 5.10 Å². The molecule has 1 aromatic carbocycles. The van der Waals surface area contributed by atoms with Gasteiger partial charge in [-0.25, -0.2) is 0 Å². The number of aryl methyl sites for hydroxylation is 1. The third kappa shape index (κ3) is 3.01. The van der Waals surface area contributed by atoms with Crippen molar-refractivity contribution in [1.82, 2.24) is 9.78 Å². The molecule has 0 aliphatic carbocycles. The lowest BCUT2D eigenvalue weighted by Crippen LogP contribution is -2.19. The van der Waals surface area contributed by atoms with Gasteiger partial charge in [0.1, 0.15) is 12.4 Å². The van der Waals surface area contributed by atoms with Crippen LogP contribution >= 0.6 is 11.6 Å². The highest BCUT2D eigenvalue weighted by Gasteiger charge is 2.07. The molecule has 1 amide bonds. The van der Waals surface area contributed by atoms with Crippen molar-refractivity contribution in [2.75, 3.05) is 11.1 Å². The zero-order valence-corrected chi connectivity index (χ0v) is 10.6. The van der Waals surface area contributed by atoms with Crippen molar-refractivity contribution >= 4 is 29.0 Å². The fourth-order valence-electron chi connectivity index (χ4n) is 1.52. The Hall–Kier alpha value is -2.01. The average molecular weight is 265 g/mol. The van der Waals surface area contributed by atoms with Gasteiger partial charge >= 0.3 is 0 Å². The summed E-state index contributed by atoms with van der Waals surface area (Å²) in [6, 6.07) is 7.08. The number of nitrogens with zero attached hydrogens (tertiary/aromatic N) is 2. The predicted molar refractivity (Wildman–Crippen MR) is 71.5 cm³/mol. The Labute approximate surface area is 110 Å². The number of carbonyl (C=O) groups excluding carboxylic acids is 1. The third-order valence-corrected chi connectivity index (χ3v) is 2.68. The van der Waals surface area contributed by atoms with Crippen LogP contribution in [0.5, 0.6) is 0 Å². The molecule has 6 heteroatoms. The Balaban J connectivity index is 2.03. The van der Waals surface area contributed by atoms with E-state index in [9.17, 15) is 4.79 Å². The molecular formula is C12H13ClN4O. The minimum absolute atomic E-state index is 0.0986. The highest BCUT2D eigenvalue weighted by Crippen LogP contribution is 2.22. The SMILES string of the molecule is Cc1ccc(NC(=O)Cn2ccc(N)n2)c(Cl)c1. The second kappa shape index (κ2) is 5.10. The number of rotatable bonds is 3. The summed E-state index contributed by atoms with van der Waals surface area (Å²) in [5, 5.41) is 7.17. The van der Waals surface area contributed by atoms with E-state index in [1.807, 2.05) is 13.0 Å². The summed E-state index contributed by atoms with van der Waals surface area (Å²) in [7, 11) is 0. The average Bonchev–Trinajstić information content (AvgIpc) is 2.68. The topological polar surface area (TPSA) is 72.9 Å². The van der Waals surface area contributed by atoms with E-state index in [-0.39, 0.29) is 12.5 Å². The molecule has 94 valence electrons. The zero-order valence-electron chi connectivity index (χ0n) is 9.85. The molecule has 3 N–H and O–H groups in total. The van der Waals surface area contributed by atoms with E-state index in [1.54, 1.807) is 24.4 Å². The van der Waals surface area contributed by atoms with Gasteiger partial charge in [0.2, 0.25) is 5.91 Å².